The van der Waals surface area contributed by atoms with Crippen LogP contribution in [0.1, 0.15) is 44.2 Å². The second-order valence-electron chi connectivity index (χ2n) is 6.92. The molecule has 0 aromatic heterocycles. The quantitative estimate of drug-likeness (QED) is 0.636. The summed E-state index contributed by atoms with van der Waals surface area (Å²) in [6, 6.07) is 8.81. The highest BCUT2D eigenvalue weighted by molar-refractivity contribution is 5.80. The first kappa shape index (κ1) is 18.1. The van der Waals surface area contributed by atoms with E-state index in [4.69, 9.17) is 9.73 Å². The molecule has 0 saturated carbocycles. The van der Waals surface area contributed by atoms with E-state index in [1.54, 1.807) is 7.11 Å². The average molecular weight is 345 g/mol. The minimum absolute atomic E-state index is 0.328. The molecular weight excluding hydrogens is 312 g/mol. The molecule has 2 saturated heterocycles. The number of aliphatic imine (C=N–C) groups is 1. The lowest BCUT2D eigenvalue weighted by Gasteiger charge is -2.28. The number of nitrogens with zero attached hydrogens (tertiary/aromatic N) is 3. The molecular formula is C20H32N4O. The summed E-state index contributed by atoms with van der Waals surface area (Å²) in [6.45, 7) is 8.44. The predicted octanol–water partition coefficient (Wildman–Crippen LogP) is 2.89. The molecule has 138 valence electrons. The van der Waals surface area contributed by atoms with E-state index in [0.29, 0.717) is 6.04 Å². The van der Waals surface area contributed by atoms with Gasteiger partial charge in [0.25, 0.3) is 0 Å². The first-order valence-electron chi connectivity index (χ1n) is 9.73. The van der Waals surface area contributed by atoms with Gasteiger partial charge < -0.3 is 15.0 Å². The van der Waals surface area contributed by atoms with Gasteiger partial charge in [0.1, 0.15) is 5.75 Å². The van der Waals surface area contributed by atoms with Crippen molar-refractivity contribution < 1.29 is 4.74 Å². The van der Waals surface area contributed by atoms with Gasteiger partial charge in [-0.05, 0) is 63.4 Å². The van der Waals surface area contributed by atoms with E-state index in [0.717, 1.165) is 51.0 Å². The van der Waals surface area contributed by atoms with E-state index in [2.05, 4.69) is 40.2 Å². The third-order valence-electron chi connectivity index (χ3n) is 5.21. The summed E-state index contributed by atoms with van der Waals surface area (Å²) in [5.74, 6) is 2.00. The molecule has 0 spiro atoms. The van der Waals surface area contributed by atoms with E-state index < -0.39 is 0 Å². The molecule has 5 nitrogen and oxygen atoms in total. The lowest BCUT2D eigenvalue weighted by molar-refractivity contribution is 0.250. The summed E-state index contributed by atoms with van der Waals surface area (Å²) in [7, 11) is 1.73. The predicted molar refractivity (Wildman–Crippen MR) is 103 cm³/mol. The van der Waals surface area contributed by atoms with Gasteiger partial charge in [-0.1, -0.05) is 12.1 Å². The highest BCUT2D eigenvalue weighted by Gasteiger charge is 2.24. The summed E-state index contributed by atoms with van der Waals surface area (Å²) in [4.78, 5) is 10.00. The topological polar surface area (TPSA) is 40.1 Å². The zero-order valence-corrected chi connectivity index (χ0v) is 15.7. The molecule has 2 heterocycles. The Labute approximate surface area is 152 Å². The SMILES string of the molecule is CCNC(=NCC(c1cccc(OC)c1)N1CCCC1)N1CCCC1. The molecule has 0 radical (unpaired) electrons. The van der Waals surface area contributed by atoms with Crippen molar-refractivity contribution in [2.45, 2.75) is 38.6 Å². The third-order valence-corrected chi connectivity index (χ3v) is 5.21. The number of benzene rings is 1. The van der Waals surface area contributed by atoms with Gasteiger partial charge in [-0.3, -0.25) is 9.89 Å². The van der Waals surface area contributed by atoms with Crippen LogP contribution in [0.3, 0.4) is 0 Å². The molecule has 3 rings (SSSR count). The minimum atomic E-state index is 0.328. The lowest BCUT2D eigenvalue weighted by Crippen LogP contribution is -2.40. The Balaban J connectivity index is 1.79. The molecule has 1 atom stereocenters. The number of hydrogen-bond acceptors (Lipinski definition) is 3. The van der Waals surface area contributed by atoms with Crippen molar-refractivity contribution in [2.24, 2.45) is 4.99 Å². The van der Waals surface area contributed by atoms with Crippen LogP contribution in [0.25, 0.3) is 0 Å². The van der Waals surface area contributed by atoms with Crippen molar-refractivity contribution in [3.05, 3.63) is 29.8 Å². The molecule has 5 heteroatoms. The Morgan fingerprint density at radius 3 is 2.56 bits per heavy atom. The molecule has 1 aromatic carbocycles. The zero-order valence-electron chi connectivity index (χ0n) is 15.7. The van der Waals surface area contributed by atoms with Gasteiger partial charge in [0.2, 0.25) is 0 Å². The summed E-state index contributed by atoms with van der Waals surface area (Å²) in [6.07, 6.45) is 5.12. The Kier molecular flexibility index (Phi) is 6.56. The van der Waals surface area contributed by atoms with Crippen LogP contribution in [0.2, 0.25) is 0 Å². The third kappa shape index (κ3) is 4.66. The first-order valence-corrected chi connectivity index (χ1v) is 9.73. The van der Waals surface area contributed by atoms with Gasteiger partial charge in [-0.25, -0.2) is 0 Å². The fourth-order valence-corrected chi connectivity index (χ4v) is 3.86. The van der Waals surface area contributed by atoms with Crippen molar-refractivity contribution >= 4 is 5.96 Å². The van der Waals surface area contributed by atoms with Gasteiger partial charge in [-0.2, -0.15) is 0 Å². The van der Waals surface area contributed by atoms with E-state index in [1.165, 1.54) is 31.2 Å². The van der Waals surface area contributed by atoms with Crippen molar-refractivity contribution in [1.82, 2.24) is 15.1 Å². The zero-order chi connectivity index (χ0) is 17.5. The molecule has 1 unspecified atom stereocenters. The molecule has 1 aromatic rings. The van der Waals surface area contributed by atoms with Crippen LogP contribution in [0, 0.1) is 0 Å². The maximum atomic E-state index is 5.44. The maximum Gasteiger partial charge on any atom is 0.193 e. The maximum absolute atomic E-state index is 5.44. The summed E-state index contributed by atoms with van der Waals surface area (Å²) < 4.78 is 5.44. The van der Waals surface area contributed by atoms with Crippen molar-refractivity contribution in [2.75, 3.05) is 46.4 Å². The number of rotatable bonds is 6. The Morgan fingerprint density at radius 2 is 1.88 bits per heavy atom. The standard InChI is InChI=1S/C20H32N4O/c1-3-21-20(24-13-6-7-14-24)22-16-19(23-11-4-5-12-23)17-9-8-10-18(15-17)25-2/h8-10,15,19H,3-7,11-14,16H2,1-2H3,(H,21,22). The van der Waals surface area contributed by atoms with Crippen LogP contribution in [-0.4, -0.2) is 62.1 Å². The number of guanidine groups is 1. The summed E-state index contributed by atoms with van der Waals surface area (Å²) in [5.41, 5.74) is 1.31. The molecule has 1 N–H and O–H groups in total. The highest BCUT2D eigenvalue weighted by Crippen LogP contribution is 2.28. The van der Waals surface area contributed by atoms with Crippen molar-refractivity contribution in [3.8, 4) is 5.75 Å². The Bertz CT molecular complexity index is 563. The number of likely N-dealkylation sites (tertiary alicyclic amines) is 2. The molecule has 2 aliphatic heterocycles. The van der Waals surface area contributed by atoms with E-state index in [9.17, 15) is 0 Å². The summed E-state index contributed by atoms with van der Waals surface area (Å²) in [5, 5.41) is 3.48. The summed E-state index contributed by atoms with van der Waals surface area (Å²) >= 11 is 0. The van der Waals surface area contributed by atoms with Crippen LogP contribution in [0.15, 0.2) is 29.3 Å². The molecule has 0 bridgehead atoms. The normalized spacial score (nSPS) is 20.1. The minimum Gasteiger partial charge on any atom is -0.497 e. The van der Waals surface area contributed by atoms with E-state index in [1.807, 2.05) is 6.07 Å². The number of nitrogens with one attached hydrogen (secondary N) is 1. The van der Waals surface area contributed by atoms with Crippen molar-refractivity contribution in [3.63, 3.8) is 0 Å². The molecule has 2 aliphatic rings. The Morgan fingerprint density at radius 1 is 1.16 bits per heavy atom. The van der Waals surface area contributed by atoms with Crippen LogP contribution in [0.5, 0.6) is 5.75 Å². The number of ether oxygens (including phenoxy) is 1. The van der Waals surface area contributed by atoms with Crippen LogP contribution in [-0.2, 0) is 0 Å². The molecule has 0 aliphatic carbocycles. The Hall–Kier alpha value is -1.75. The highest BCUT2D eigenvalue weighted by atomic mass is 16.5. The number of hydrogen-bond donors (Lipinski definition) is 1. The second kappa shape index (κ2) is 9.09. The van der Waals surface area contributed by atoms with Crippen LogP contribution >= 0.6 is 0 Å². The lowest BCUT2D eigenvalue weighted by atomic mass is 10.1. The molecule has 2 fully saturated rings. The van der Waals surface area contributed by atoms with Gasteiger partial charge in [0, 0.05) is 19.6 Å². The van der Waals surface area contributed by atoms with Gasteiger partial charge in [0.15, 0.2) is 5.96 Å². The molecule has 0 amide bonds. The fourth-order valence-electron chi connectivity index (χ4n) is 3.86. The van der Waals surface area contributed by atoms with Crippen LogP contribution < -0.4 is 10.1 Å². The van der Waals surface area contributed by atoms with E-state index >= 15 is 0 Å². The van der Waals surface area contributed by atoms with E-state index in [-0.39, 0.29) is 0 Å². The van der Waals surface area contributed by atoms with Gasteiger partial charge in [0.05, 0.1) is 19.7 Å². The smallest absolute Gasteiger partial charge is 0.193 e. The largest absolute Gasteiger partial charge is 0.497 e. The average Bonchev–Trinajstić information content (AvgIpc) is 3.35. The number of methoxy groups -OCH3 is 1. The fraction of sp³-hybridized carbons (Fsp3) is 0.650. The van der Waals surface area contributed by atoms with Crippen LogP contribution in [0.4, 0.5) is 0 Å². The molecule has 25 heavy (non-hydrogen) atoms. The monoisotopic (exact) mass is 344 g/mol. The second-order valence-corrected chi connectivity index (χ2v) is 6.92. The van der Waals surface area contributed by atoms with Gasteiger partial charge >= 0.3 is 0 Å². The first-order chi connectivity index (χ1) is 12.3. The van der Waals surface area contributed by atoms with Crippen molar-refractivity contribution in [1.29, 1.82) is 0 Å². The van der Waals surface area contributed by atoms with Gasteiger partial charge in [-0.15, -0.1) is 0 Å².